The molecule has 1 aromatic heterocycles. The van der Waals surface area contributed by atoms with Crippen molar-refractivity contribution in [3.05, 3.63) is 23.5 Å². The number of hydrogen-bond acceptors (Lipinski definition) is 4. The van der Waals surface area contributed by atoms with Crippen molar-refractivity contribution in [3.63, 3.8) is 0 Å². The number of pyridine rings is 1. The summed E-state index contributed by atoms with van der Waals surface area (Å²) in [6.07, 6.45) is 6.90. The molecule has 4 nitrogen and oxygen atoms in total. The van der Waals surface area contributed by atoms with Gasteiger partial charge in [0.05, 0.1) is 18.4 Å². The molecule has 0 amide bonds. The summed E-state index contributed by atoms with van der Waals surface area (Å²) in [4.78, 5) is 17.5. The summed E-state index contributed by atoms with van der Waals surface area (Å²) in [7, 11) is 0. The smallest absolute Gasteiger partial charge is 0.137 e. The maximum Gasteiger partial charge on any atom is 0.137 e. The summed E-state index contributed by atoms with van der Waals surface area (Å²) in [5, 5.41) is 10.6. The Labute approximate surface area is 169 Å². The molecular weight excluding hydrogens is 350 g/mol. The van der Waals surface area contributed by atoms with Crippen molar-refractivity contribution in [2.45, 2.75) is 71.8 Å². The van der Waals surface area contributed by atoms with Crippen LogP contribution in [0, 0.1) is 35.5 Å². The van der Waals surface area contributed by atoms with Gasteiger partial charge in [-0.2, -0.15) is 0 Å². The second kappa shape index (κ2) is 7.44. The van der Waals surface area contributed by atoms with Gasteiger partial charge in [-0.05, 0) is 73.3 Å². The van der Waals surface area contributed by atoms with Crippen LogP contribution in [0.4, 0.5) is 0 Å². The maximum atomic E-state index is 12.8. The Morgan fingerprint density at radius 3 is 2.68 bits per heavy atom. The molecule has 154 valence electrons. The number of ketones is 1. The molecular formula is C24H35NO3. The number of nitrogens with zero attached hydrogens (tertiary/aromatic N) is 1. The second-order valence-corrected chi connectivity index (χ2v) is 10.2. The number of aromatic nitrogens is 1. The molecule has 1 heterocycles. The minimum Gasteiger partial charge on any atom is -0.492 e. The zero-order chi connectivity index (χ0) is 20.1. The van der Waals surface area contributed by atoms with Gasteiger partial charge in [0.15, 0.2) is 0 Å². The molecule has 4 heteroatoms. The van der Waals surface area contributed by atoms with E-state index in [1.165, 1.54) is 5.56 Å². The van der Waals surface area contributed by atoms with Crippen molar-refractivity contribution in [3.8, 4) is 5.75 Å². The van der Waals surface area contributed by atoms with Crippen LogP contribution in [0.5, 0.6) is 5.75 Å². The largest absolute Gasteiger partial charge is 0.492 e. The molecule has 4 rings (SSSR count). The van der Waals surface area contributed by atoms with Crippen LogP contribution in [0.1, 0.15) is 64.6 Å². The van der Waals surface area contributed by atoms with Gasteiger partial charge in [-0.15, -0.1) is 0 Å². The lowest BCUT2D eigenvalue weighted by Crippen LogP contribution is -2.49. The fourth-order valence-electron chi connectivity index (χ4n) is 5.41. The summed E-state index contributed by atoms with van der Waals surface area (Å²) in [6.45, 7) is 9.29. The number of fused-ring (bicyclic) bond motifs is 2. The highest BCUT2D eigenvalue weighted by atomic mass is 16.5. The standard InChI is InChI=1S/C24H35NO3/c1-14(2)7-8-28-18-9-16-5-6-21(26)23-19(10-20(16)25-13-18)22(23)17-11-24(27,12-17)15(3)4/h9,13-15,17,19,22-23,27H,5-8,10-12H2,1-4H3. The van der Waals surface area contributed by atoms with E-state index in [9.17, 15) is 9.90 Å². The fraction of sp³-hybridized carbons (Fsp3) is 0.750. The minimum absolute atomic E-state index is 0.207. The Balaban J connectivity index is 1.43. The van der Waals surface area contributed by atoms with Crippen molar-refractivity contribution in [1.29, 1.82) is 0 Å². The summed E-state index contributed by atoms with van der Waals surface area (Å²) >= 11 is 0. The zero-order valence-corrected chi connectivity index (χ0v) is 17.8. The highest BCUT2D eigenvalue weighted by Gasteiger charge is 2.62. The van der Waals surface area contributed by atoms with Crippen molar-refractivity contribution < 1.29 is 14.6 Å². The molecule has 0 aliphatic heterocycles. The van der Waals surface area contributed by atoms with Gasteiger partial charge >= 0.3 is 0 Å². The topological polar surface area (TPSA) is 59.4 Å². The van der Waals surface area contributed by atoms with Crippen LogP contribution >= 0.6 is 0 Å². The van der Waals surface area contributed by atoms with Gasteiger partial charge in [0, 0.05) is 18.0 Å². The van der Waals surface area contributed by atoms with E-state index in [2.05, 4.69) is 33.8 Å². The monoisotopic (exact) mass is 385 g/mol. The van der Waals surface area contributed by atoms with Crippen LogP contribution in [0.3, 0.4) is 0 Å². The van der Waals surface area contributed by atoms with Crippen molar-refractivity contribution in [2.75, 3.05) is 6.61 Å². The first-order valence-corrected chi connectivity index (χ1v) is 11.1. The molecule has 3 unspecified atom stereocenters. The summed E-state index contributed by atoms with van der Waals surface area (Å²) in [5.74, 6) is 3.77. The first-order valence-electron chi connectivity index (χ1n) is 11.1. The third kappa shape index (κ3) is 3.72. The predicted molar refractivity (Wildman–Crippen MR) is 109 cm³/mol. The fourth-order valence-corrected chi connectivity index (χ4v) is 5.41. The number of hydrogen-bond donors (Lipinski definition) is 1. The number of aliphatic hydroxyl groups is 1. The van der Waals surface area contributed by atoms with Crippen molar-refractivity contribution >= 4 is 5.78 Å². The number of carbonyl (C=O) groups is 1. The number of carbonyl (C=O) groups excluding carboxylic acids is 1. The molecule has 0 radical (unpaired) electrons. The van der Waals surface area contributed by atoms with Gasteiger partial charge in [0.25, 0.3) is 0 Å². The normalized spacial score (nSPS) is 34.3. The Hall–Kier alpha value is -1.42. The Bertz CT molecular complexity index is 735. The van der Waals surface area contributed by atoms with Crippen LogP contribution in [0.2, 0.25) is 0 Å². The van der Waals surface area contributed by atoms with E-state index in [1.54, 1.807) is 0 Å². The van der Waals surface area contributed by atoms with E-state index in [1.807, 2.05) is 6.20 Å². The van der Waals surface area contributed by atoms with Gasteiger partial charge in [-0.3, -0.25) is 9.78 Å². The molecule has 2 saturated carbocycles. The lowest BCUT2D eigenvalue weighted by Gasteiger charge is -2.47. The van der Waals surface area contributed by atoms with Crippen LogP contribution < -0.4 is 4.74 Å². The van der Waals surface area contributed by atoms with Crippen LogP contribution in [-0.2, 0) is 17.6 Å². The van der Waals surface area contributed by atoms with E-state index < -0.39 is 5.60 Å². The quantitative estimate of drug-likeness (QED) is 0.796. The molecule has 1 aromatic rings. The van der Waals surface area contributed by atoms with E-state index in [0.29, 0.717) is 48.4 Å². The van der Waals surface area contributed by atoms with E-state index in [0.717, 1.165) is 43.5 Å². The lowest BCUT2D eigenvalue weighted by molar-refractivity contribution is -0.125. The van der Waals surface area contributed by atoms with Gasteiger partial charge in [-0.25, -0.2) is 0 Å². The molecule has 28 heavy (non-hydrogen) atoms. The zero-order valence-electron chi connectivity index (χ0n) is 17.8. The first-order chi connectivity index (χ1) is 13.3. The van der Waals surface area contributed by atoms with Gasteiger partial charge < -0.3 is 9.84 Å². The predicted octanol–water partition coefficient (Wildman–Crippen LogP) is 4.22. The average molecular weight is 386 g/mol. The second-order valence-electron chi connectivity index (χ2n) is 10.2. The Morgan fingerprint density at radius 2 is 2.00 bits per heavy atom. The SMILES string of the molecule is CC(C)CCOc1cnc2c(c1)CCC(=O)C1C(C2)C1C1CC(O)(C(C)C)C1. The highest BCUT2D eigenvalue weighted by Crippen LogP contribution is 2.62. The molecule has 0 spiro atoms. The van der Waals surface area contributed by atoms with Crippen LogP contribution in [0.15, 0.2) is 12.3 Å². The number of Topliss-reactive ketones (excluding diaryl/α,β-unsaturated/α-hetero) is 1. The minimum atomic E-state index is -0.510. The molecule has 3 aliphatic carbocycles. The average Bonchev–Trinajstić information content (AvgIpc) is 3.29. The summed E-state index contributed by atoms with van der Waals surface area (Å²) in [6, 6.07) is 2.11. The molecule has 2 fully saturated rings. The number of rotatable bonds is 6. The third-order valence-electron chi connectivity index (χ3n) is 7.52. The number of aryl methyl sites for hydroxylation is 1. The van der Waals surface area contributed by atoms with Gasteiger partial charge in [-0.1, -0.05) is 27.7 Å². The van der Waals surface area contributed by atoms with E-state index in [-0.39, 0.29) is 5.92 Å². The van der Waals surface area contributed by atoms with Gasteiger partial charge in [0.2, 0.25) is 0 Å². The molecule has 1 N–H and O–H groups in total. The molecule has 0 aromatic carbocycles. The van der Waals surface area contributed by atoms with Crippen molar-refractivity contribution in [2.24, 2.45) is 35.5 Å². The van der Waals surface area contributed by atoms with Gasteiger partial charge in [0.1, 0.15) is 11.5 Å². The molecule has 3 atom stereocenters. The maximum absolute atomic E-state index is 12.8. The number of ether oxygens (including phenoxy) is 1. The molecule has 0 saturated heterocycles. The Morgan fingerprint density at radius 1 is 1.25 bits per heavy atom. The summed E-state index contributed by atoms with van der Waals surface area (Å²) in [5.41, 5.74) is 1.83. The molecule has 0 bridgehead atoms. The van der Waals surface area contributed by atoms with E-state index in [4.69, 9.17) is 9.72 Å². The summed E-state index contributed by atoms with van der Waals surface area (Å²) < 4.78 is 5.88. The van der Waals surface area contributed by atoms with Crippen LogP contribution in [-0.4, -0.2) is 28.1 Å². The lowest BCUT2D eigenvalue weighted by atomic mass is 9.63. The Kier molecular flexibility index (Phi) is 5.28. The van der Waals surface area contributed by atoms with Crippen molar-refractivity contribution in [1.82, 2.24) is 4.98 Å². The van der Waals surface area contributed by atoms with E-state index >= 15 is 0 Å². The highest BCUT2D eigenvalue weighted by molar-refractivity contribution is 5.85. The molecule has 3 aliphatic rings. The van der Waals surface area contributed by atoms with Crippen LogP contribution in [0.25, 0.3) is 0 Å². The third-order valence-corrected chi connectivity index (χ3v) is 7.52. The first kappa shape index (κ1) is 19.9.